The highest BCUT2D eigenvalue weighted by Crippen LogP contribution is 2.46. The molecule has 0 atom stereocenters. The summed E-state index contributed by atoms with van der Waals surface area (Å²) in [7, 11) is 0. The smallest absolute Gasteiger partial charge is 0.308 e. The molecule has 0 amide bonds. The molecule has 0 aliphatic rings. The first kappa shape index (κ1) is 45.0. The topological polar surface area (TPSA) is 57.4 Å². The fourth-order valence-electron chi connectivity index (χ4n) is 10.1. The van der Waals surface area contributed by atoms with Crippen LogP contribution in [0.25, 0.3) is 105 Å². The number of aromatic nitrogens is 2. The van der Waals surface area contributed by atoms with Crippen LogP contribution in [0.2, 0.25) is 0 Å². The van der Waals surface area contributed by atoms with Crippen LogP contribution in [-0.4, -0.2) is 9.13 Å². The molecule has 11 rings (SSSR count). The van der Waals surface area contributed by atoms with Gasteiger partial charge in [0.1, 0.15) is 11.6 Å². The Labute approximate surface area is 415 Å². The van der Waals surface area contributed by atoms with Crippen molar-refractivity contribution in [2.24, 2.45) is 0 Å². The van der Waals surface area contributed by atoms with Crippen molar-refractivity contribution in [2.45, 2.75) is 20.0 Å². The zero-order valence-electron chi connectivity index (χ0n) is 39.3. The summed E-state index contributed by atoms with van der Waals surface area (Å²) < 4.78 is 50.0. The van der Waals surface area contributed by atoms with Gasteiger partial charge >= 0.3 is 6.18 Å². The minimum atomic E-state index is -4.81. The van der Waals surface area contributed by atoms with Crippen molar-refractivity contribution in [3.05, 3.63) is 247 Å². The molecule has 0 aliphatic heterocycles. The molecule has 72 heavy (non-hydrogen) atoms. The predicted octanol–water partition coefficient (Wildman–Crippen LogP) is 17.8. The van der Waals surface area contributed by atoms with Crippen molar-refractivity contribution in [2.75, 3.05) is 0 Å². The summed E-state index contributed by atoms with van der Waals surface area (Å²) in [6.07, 6.45) is 1.14. The maximum absolute atomic E-state index is 15.3. The quantitative estimate of drug-likeness (QED) is 0.135. The van der Waals surface area contributed by atoms with E-state index in [0.717, 1.165) is 99.8 Å². The van der Waals surface area contributed by atoms with E-state index in [1.807, 2.05) is 144 Å². The molecular formula is C65H43F3N4. The molecule has 0 unspecified atom stereocenters. The summed E-state index contributed by atoms with van der Waals surface area (Å²) >= 11 is 0. The SMILES string of the molecule is C=C(C)/C=C\C=C(/C)c1ccc2c(c1)c1cc(-c3ccccc3)ccc1n2-c1cc(-c2c(C#N)cccc2C(F)(F)F)cc(-n2c3ccc(-c4ccccc4)cc3c3cc(-c4ccccc4)ccc32)c1C#N. The average molecular weight is 937 g/mol. The van der Waals surface area contributed by atoms with Crippen LogP contribution in [0, 0.1) is 22.7 Å². The number of benzene rings is 9. The molecule has 0 spiro atoms. The number of alkyl halides is 3. The Bertz CT molecular complexity index is 4020. The van der Waals surface area contributed by atoms with Gasteiger partial charge in [0, 0.05) is 27.1 Å². The molecule has 0 saturated heterocycles. The summed E-state index contributed by atoms with van der Waals surface area (Å²) in [5.41, 5.74) is 11.6. The standard InChI is InChI=1S/C65H43F3N4/c1-41(2)15-13-16-42(3)46-25-29-58-52(33-46)53-34-47(43-17-7-4-8-18-43)26-30-59(53)71(58)62-37-51(64-50(39-69)23-14-24-57(64)65(66,67)68)38-63(56(62)40-70)72-60-31-27-48(44-19-9-5-10-20-44)35-54(60)55-36-49(28-32-61(55)72)45-21-11-6-12-22-45/h4-38H,1H2,2-3H3/b15-13-,42-16+. The Morgan fingerprint density at radius 3 is 1.35 bits per heavy atom. The van der Waals surface area contributed by atoms with Gasteiger partial charge in [0.05, 0.1) is 50.6 Å². The first-order valence-corrected chi connectivity index (χ1v) is 23.5. The van der Waals surface area contributed by atoms with Gasteiger partial charge in [-0.3, -0.25) is 0 Å². The van der Waals surface area contributed by atoms with E-state index in [1.165, 1.54) is 12.1 Å². The minimum Gasteiger partial charge on any atom is -0.308 e. The monoisotopic (exact) mass is 936 g/mol. The van der Waals surface area contributed by atoms with Gasteiger partial charge < -0.3 is 9.13 Å². The second-order valence-electron chi connectivity index (χ2n) is 18.1. The molecule has 344 valence electrons. The normalized spacial score (nSPS) is 12.0. The van der Waals surface area contributed by atoms with Gasteiger partial charge in [-0.05, 0) is 137 Å². The van der Waals surface area contributed by atoms with Crippen molar-refractivity contribution in [1.82, 2.24) is 9.13 Å². The predicted molar refractivity (Wildman–Crippen MR) is 289 cm³/mol. The van der Waals surface area contributed by atoms with Crippen LogP contribution < -0.4 is 0 Å². The number of halogens is 3. The molecule has 9 aromatic carbocycles. The zero-order chi connectivity index (χ0) is 49.7. The average Bonchev–Trinajstić information content (AvgIpc) is 3.91. The highest BCUT2D eigenvalue weighted by atomic mass is 19.4. The van der Waals surface area contributed by atoms with Gasteiger partial charge in [0.2, 0.25) is 0 Å². The van der Waals surface area contributed by atoms with Crippen LogP contribution in [-0.2, 0) is 6.18 Å². The van der Waals surface area contributed by atoms with E-state index in [9.17, 15) is 10.5 Å². The summed E-state index contributed by atoms with van der Waals surface area (Å²) in [4.78, 5) is 0. The lowest BCUT2D eigenvalue weighted by Crippen LogP contribution is -2.10. The van der Waals surface area contributed by atoms with E-state index in [0.29, 0.717) is 11.4 Å². The molecule has 0 aliphatic carbocycles. The van der Waals surface area contributed by atoms with Gasteiger partial charge in [-0.15, -0.1) is 0 Å². The lowest BCUT2D eigenvalue weighted by molar-refractivity contribution is -0.137. The fourth-order valence-corrected chi connectivity index (χ4v) is 10.1. The van der Waals surface area contributed by atoms with Crippen LogP contribution in [0.5, 0.6) is 0 Å². The molecule has 11 aromatic rings. The Morgan fingerprint density at radius 1 is 0.486 bits per heavy atom. The van der Waals surface area contributed by atoms with Gasteiger partial charge in [-0.25, -0.2) is 0 Å². The van der Waals surface area contributed by atoms with Gasteiger partial charge in [-0.2, -0.15) is 23.7 Å². The third kappa shape index (κ3) is 7.94. The van der Waals surface area contributed by atoms with Crippen LogP contribution in [0.1, 0.15) is 36.1 Å². The molecule has 4 nitrogen and oxygen atoms in total. The fraction of sp³-hybridized carbons (Fsp3) is 0.0462. The molecule has 0 radical (unpaired) electrons. The molecule has 2 aromatic heterocycles. The number of nitriles is 2. The van der Waals surface area contributed by atoms with Crippen molar-refractivity contribution in [3.63, 3.8) is 0 Å². The van der Waals surface area contributed by atoms with Crippen molar-refractivity contribution < 1.29 is 13.2 Å². The number of fused-ring (bicyclic) bond motifs is 6. The lowest BCUT2D eigenvalue weighted by Gasteiger charge is -2.20. The number of allylic oxidation sites excluding steroid dienone is 5. The van der Waals surface area contributed by atoms with E-state index in [2.05, 4.69) is 79.4 Å². The van der Waals surface area contributed by atoms with E-state index in [1.54, 1.807) is 12.1 Å². The van der Waals surface area contributed by atoms with Gasteiger partial charge in [0.25, 0.3) is 0 Å². The molecule has 0 fully saturated rings. The van der Waals surface area contributed by atoms with Crippen LogP contribution in [0.4, 0.5) is 13.2 Å². The van der Waals surface area contributed by atoms with Crippen molar-refractivity contribution >= 4 is 49.2 Å². The number of nitrogens with zero attached hydrogens (tertiary/aromatic N) is 4. The Balaban J connectivity index is 1.28. The number of hydrogen-bond acceptors (Lipinski definition) is 2. The van der Waals surface area contributed by atoms with E-state index < -0.39 is 11.7 Å². The van der Waals surface area contributed by atoms with Gasteiger partial charge in [-0.1, -0.05) is 152 Å². The molecule has 0 N–H and O–H groups in total. The van der Waals surface area contributed by atoms with Crippen LogP contribution in [0.15, 0.2) is 225 Å². The minimum absolute atomic E-state index is 0.135. The Morgan fingerprint density at radius 2 is 0.931 bits per heavy atom. The number of hydrogen-bond donors (Lipinski definition) is 0. The van der Waals surface area contributed by atoms with E-state index in [4.69, 9.17) is 0 Å². The summed E-state index contributed by atoms with van der Waals surface area (Å²) in [5.74, 6) is 0. The van der Waals surface area contributed by atoms with Gasteiger partial charge in [0.15, 0.2) is 0 Å². The third-order valence-corrected chi connectivity index (χ3v) is 13.5. The molecular weight excluding hydrogens is 894 g/mol. The Kier molecular flexibility index (Phi) is 11.4. The zero-order valence-corrected chi connectivity index (χ0v) is 39.3. The molecule has 2 heterocycles. The first-order chi connectivity index (χ1) is 35.0. The highest BCUT2D eigenvalue weighted by Gasteiger charge is 2.36. The van der Waals surface area contributed by atoms with E-state index in [-0.39, 0.29) is 22.3 Å². The Hall–Kier alpha value is -9.43. The summed E-state index contributed by atoms with van der Waals surface area (Å²) in [5, 5.41) is 25.9. The molecule has 0 bridgehead atoms. The maximum atomic E-state index is 15.3. The second-order valence-corrected chi connectivity index (χ2v) is 18.1. The first-order valence-electron chi connectivity index (χ1n) is 23.5. The largest absolute Gasteiger partial charge is 0.417 e. The number of rotatable bonds is 9. The van der Waals surface area contributed by atoms with E-state index >= 15 is 13.2 Å². The molecule has 0 saturated carbocycles. The van der Waals surface area contributed by atoms with Crippen LogP contribution >= 0.6 is 0 Å². The summed E-state index contributed by atoms with van der Waals surface area (Å²) in [6, 6.07) is 66.6. The lowest BCUT2D eigenvalue weighted by atomic mass is 9.92. The third-order valence-electron chi connectivity index (χ3n) is 13.5. The van der Waals surface area contributed by atoms with Crippen molar-refractivity contribution in [1.29, 1.82) is 10.5 Å². The van der Waals surface area contributed by atoms with Crippen molar-refractivity contribution in [3.8, 4) is 68.0 Å². The van der Waals surface area contributed by atoms with Crippen LogP contribution in [0.3, 0.4) is 0 Å². The summed E-state index contributed by atoms with van der Waals surface area (Å²) in [6.45, 7) is 7.98. The second kappa shape index (κ2) is 18.1. The molecule has 7 heteroatoms. The highest BCUT2D eigenvalue weighted by molar-refractivity contribution is 6.13. The maximum Gasteiger partial charge on any atom is 0.417 e.